The zero-order chi connectivity index (χ0) is 14.4. The zero-order valence-electron chi connectivity index (χ0n) is 11.4. The van der Waals surface area contributed by atoms with Gasteiger partial charge in [-0.05, 0) is 33.6 Å². The highest BCUT2D eigenvalue weighted by Crippen LogP contribution is 2.48. The van der Waals surface area contributed by atoms with Gasteiger partial charge in [0, 0.05) is 13.0 Å². The van der Waals surface area contributed by atoms with Crippen molar-refractivity contribution in [3.05, 3.63) is 0 Å². The number of rotatable bonds is 1. The first kappa shape index (κ1) is 13.8. The molecule has 1 unspecified atom stereocenters. The van der Waals surface area contributed by atoms with Crippen LogP contribution in [0.25, 0.3) is 0 Å². The third-order valence-corrected chi connectivity index (χ3v) is 3.57. The maximum absolute atomic E-state index is 12.1. The minimum atomic E-state index is -1.17. The number of Topliss-reactive ketones (excluding diaryl/α,β-unsaturated/α-hetero) is 1. The van der Waals surface area contributed by atoms with Crippen molar-refractivity contribution < 1.29 is 24.2 Å². The second-order valence-corrected chi connectivity index (χ2v) is 6.35. The molecule has 1 aliphatic heterocycles. The summed E-state index contributed by atoms with van der Waals surface area (Å²) in [7, 11) is 0. The van der Waals surface area contributed by atoms with Gasteiger partial charge in [-0.15, -0.1) is 0 Å². The third-order valence-electron chi connectivity index (χ3n) is 3.57. The molecule has 1 aliphatic carbocycles. The number of hydrogen-bond donors (Lipinski definition) is 1. The number of piperidine rings is 1. The smallest absolute Gasteiger partial charge is 0.410 e. The van der Waals surface area contributed by atoms with Gasteiger partial charge in [-0.2, -0.15) is 0 Å². The second-order valence-electron chi connectivity index (χ2n) is 6.35. The predicted octanol–water partition coefficient (Wildman–Crippen LogP) is 1.43. The van der Waals surface area contributed by atoms with Crippen molar-refractivity contribution >= 4 is 17.8 Å². The van der Waals surface area contributed by atoms with Gasteiger partial charge in [-0.25, -0.2) is 4.79 Å². The summed E-state index contributed by atoms with van der Waals surface area (Å²) >= 11 is 0. The van der Waals surface area contributed by atoms with E-state index in [4.69, 9.17) is 9.84 Å². The lowest BCUT2D eigenvalue weighted by Crippen LogP contribution is -2.55. The highest BCUT2D eigenvalue weighted by atomic mass is 16.6. The van der Waals surface area contributed by atoms with Crippen LogP contribution < -0.4 is 0 Å². The standard InChI is InChI=1S/C13H19NO5/c1-12(2,3)19-11(18)14-7-8(10(16)17)9(15)6-13(14)4-5-13/h8H,4-7H2,1-3H3,(H,16,17). The molecule has 1 atom stereocenters. The summed E-state index contributed by atoms with van der Waals surface area (Å²) < 4.78 is 5.30. The van der Waals surface area contributed by atoms with Gasteiger partial charge in [-0.1, -0.05) is 0 Å². The molecule has 1 spiro atoms. The molecule has 0 aromatic rings. The number of carbonyl (C=O) groups excluding carboxylic acids is 2. The molecular formula is C13H19NO5. The Labute approximate surface area is 111 Å². The van der Waals surface area contributed by atoms with Gasteiger partial charge < -0.3 is 14.7 Å². The van der Waals surface area contributed by atoms with Gasteiger partial charge in [0.25, 0.3) is 0 Å². The molecule has 2 fully saturated rings. The van der Waals surface area contributed by atoms with Crippen LogP contribution in [-0.2, 0) is 14.3 Å². The lowest BCUT2D eigenvalue weighted by Gasteiger charge is -2.38. The lowest BCUT2D eigenvalue weighted by molar-refractivity contribution is -0.149. The number of carboxylic acid groups (broad SMARTS) is 1. The molecule has 2 aliphatic rings. The zero-order valence-corrected chi connectivity index (χ0v) is 11.4. The SMILES string of the molecule is CC(C)(C)OC(=O)N1CC(C(=O)O)C(=O)CC12CC2. The first-order valence-corrected chi connectivity index (χ1v) is 6.41. The average Bonchev–Trinajstić information content (AvgIpc) is 2.94. The highest BCUT2D eigenvalue weighted by Gasteiger charge is 2.57. The summed E-state index contributed by atoms with van der Waals surface area (Å²) in [6, 6.07) is 0. The topological polar surface area (TPSA) is 83.9 Å². The van der Waals surface area contributed by atoms with E-state index < -0.39 is 29.1 Å². The van der Waals surface area contributed by atoms with Gasteiger partial charge in [0.05, 0.1) is 5.54 Å². The van der Waals surface area contributed by atoms with Crippen molar-refractivity contribution in [3.8, 4) is 0 Å². The monoisotopic (exact) mass is 269 g/mol. The molecule has 106 valence electrons. The van der Waals surface area contributed by atoms with E-state index in [0.29, 0.717) is 0 Å². The summed E-state index contributed by atoms with van der Waals surface area (Å²) in [5.74, 6) is -2.59. The fraction of sp³-hybridized carbons (Fsp3) is 0.769. The number of aliphatic carboxylic acids is 1. The summed E-state index contributed by atoms with van der Waals surface area (Å²) in [6.45, 7) is 5.19. The quantitative estimate of drug-likeness (QED) is 0.728. The average molecular weight is 269 g/mol. The maximum atomic E-state index is 12.1. The Balaban J connectivity index is 2.16. The van der Waals surface area contributed by atoms with Crippen molar-refractivity contribution in [2.24, 2.45) is 5.92 Å². The summed E-state index contributed by atoms with van der Waals surface area (Å²) in [4.78, 5) is 36.4. The third kappa shape index (κ3) is 2.72. The number of amides is 1. The Morgan fingerprint density at radius 3 is 2.37 bits per heavy atom. The van der Waals surface area contributed by atoms with Crippen molar-refractivity contribution in [2.75, 3.05) is 6.54 Å². The van der Waals surface area contributed by atoms with E-state index in [1.807, 2.05) is 0 Å². The largest absolute Gasteiger partial charge is 0.481 e. The Hall–Kier alpha value is -1.59. The van der Waals surface area contributed by atoms with Crippen molar-refractivity contribution in [1.82, 2.24) is 4.90 Å². The fourth-order valence-corrected chi connectivity index (χ4v) is 2.41. The highest BCUT2D eigenvalue weighted by molar-refractivity contribution is 6.00. The molecule has 6 nitrogen and oxygen atoms in total. The van der Waals surface area contributed by atoms with E-state index in [1.54, 1.807) is 20.8 Å². The van der Waals surface area contributed by atoms with Crippen LogP contribution in [0.2, 0.25) is 0 Å². The van der Waals surface area contributed by atoms with Gasteiger partial charge in [0.15, 0.2) is 5.78 Å². The van der Waals surface area contributed by atoms with Crippen LogP contribution in [0.4, 0.5) is 4.79 Å². The predicted molar refractivity (Wildman–Crippen MR) is 65.7 cm³/mol. The van der Waals surface area contributed by atoms with Crippen LogP contribution >= 0.6 is 0 Å². The van der Waals surface area contributed by atoms with Gasteiger partial charge in [0.1, 0.15) is 11.5 Å². The van der Waals surface area contributed by atoms with E-state index in [2.05, 4.69) is 0 Å². The summed E-state index contributed by atoms with van der Waals surface area (Å²) in [6.07, 6.45) is 1.08. The van der Waals surface area contributed by atoms with Gasteiger partial charge in [0.2, 0.25) is 0 Å². The number of ether oxygens (including phenoxy) is 1. The molecule has 19 heavy (non-hydrogen) atoms. The van der Waals surface area contributed by atoms with Crippen LogP contribution in [0.5, 0.6) is 0 Å². The van der Waals surface area contributed by atoms with Crippen molar-refractivity contribution in [1.29, 1.82) is 0 Å². The van der Waals surface area contributed by atoms with E-state index in [0.717, 1.165) is 12.8 Å². The molecule has 2 rings (SSSR count). The Bertz CT molecular complexity index is 433. The Kier molecular flexibility index (Phi) is 3.07. The molecule has 1 saturated heterocycles. The van der Waals surface area contributed by atoms with E-state index >= 15 is 0 Å². The van der Waals surface area contributed by atoms with E-state index in [1.165, 1.54) is 4.90 Å². The Morgan fingerprint density at radius 1 is 1.37 bits per heavy atom. The fourth-order valence-electron chi connectivity index (χ4n) is 2.41. The van der Waals surface area contributed by atoms with E-state index in [-0.39, 0.29) is 18.7 Å². The molecule has 0 aromatic carbocycles. The number of nitrogens with zero attached hydrogens (tertiary/aromatic N) is 1. The number of likely N-dealkylation sites (tertiary alicyclic amines) is 1. The van der Waals surface area contributed by atoms with Crippen LogP contribution in [0.15, 0.2) is 0 Å². The molecule has 1 heterocycles. The lowest BCUT2D eigenvalue weighted by atomic mass is 9.90. The number of carbonyl (C=O) groups is 3. The Morgan fingerprint density at radius 2 is 1.95 bits per heavy atom. The first-order valence-electron chi connectivity index (χ1n) is 6.41. The molecule has 0 aromatic heterocycles. The normalized spacial score (nSPS) is 25.3. The molecule has 1 N–H and O–H groups in total. The number of ketones is 1. The number of carboxylic acids is 1. The van der Waals surface area contributed by atoms with Gasteiger partial charge >= 0.3 is 12.1 Å². The molecule has 0 bridgehead atoms. The van der Waals surface area contributed by atoms with Crippen LogP contribution in [-0.4, -0.2) is 45.5 Å². The minimum Gasteiger partial charge on any atom is -0.481 e. The van der Waals surface area contributed by atoms with E-state index in [9.17, 15) is 14.4 Å². The molecule has 0 radical (unpaired) electrons. The molecule has 1 saturated carbocycles. The second kappa shape index (κ2) is 4.21. The van der Waals surface area contributed by atoms with Crippen LogP contribution in [0, 0.1) is 5.92 Å². The van der Waals surface area contributed by atoms with Crippen LogP contribution in [0.1, 0.15) is 40.0 Å². The van der Waals surface area contributed by atoms with Gasteiger partial charge in [-0.3, -0.25) is 9.59 Å². The van der Waals surface area contributed by atoms with Crippen molar-refractivity contribution in [3.63, 3.8) is 0 Å². The number of hydrogen-bond acceptors (Lipinski definition) is 4. The summed E-state index contributed by atoms with van der Waals surface area (Å²) in [5.41, 5.74) is -1.11. The first-order chi connectivity index (χ1) is 8.65. The maximum Gasteiger partial charge on any atom is 0.410 e. The minimum absolute atomic E-state index is 0.0803. The molecular weight excluding hydrogens is 250 g/mol. The summed E-state index contributed by atoms with van der Waals surface area (Å²) in [5, 5.41) is 9.03. The van der Waals surface area contributed by atoms with Crippen LogP contribution in [0.3, 0.4) is 0 Å². The molecule has 6 heteroatoms. The molecule has 1 amide bonds. The van der Waals surface area contributed by atoms with Crippen molar-refractivity contribution in [2.45, 2.75) is 51.2 Å².